The molecule has 0 amide bonds. The van der Waals surface area contributed by atoms with Crippen LogP contribution in [0, 0.1) is 17.1 Å². The van der Waals surface area contributed by atoms with Gasteiger partial charge in [-0.15, -0.1) is 0 Å². The normalized spacial score (nSPS) is 11.2. The molecule has 0 spiro atoms. The lowest BCUT2D eigenvalue weighted by Crippen LogP contribution is -2.05. The van der Waals surface area contributed by atoms with Crippen LogP contribution in [-0.2, 0) is 0 Å². The van der Waals surface area contributed by atoms with Crippen LogP contribution < -0.4 is 4.74 Å². The van der Waals surface area contributed by atoms with Crippen molar-refractivity contribution in [1.82, 2.24) is 0 Å². The molecule has 0 aliphatic carbocycles. The van der Waals surface area contributed by atoms with Crippen molar-refractivity contribution < 1.29 is 13.9 Å². The van der Waals surface area contributed by atoms with E-state index in [1.165, 1.54) is 24.3 Å². The summed E-state index contributed by atoms with van der Waals surface area (Å²) in [4.78, 5) is 12.3. The van der Waals surface area contributed by atoms with Crippen molar-refractivity contribution in [1.29, 1.82) is 5.26 Å². The standard InChI is InChI=1S/C19H16FNO2/c1-13(2)23-16-9-7-14(8-10-16)11-15(12-21)19(22)17-5-3-4-6-18(17)20/h3-11,13H,1-2H3/b15-11+. The van der Waals surface area contributed by atoms with E-state index in [4.69, 9.17) is 4.74 Å². The van der Waals surface area contributed by atoms with E-state index >= 15 is 0 Å². The monoisotopic (exact) mass is 309 g/mol. The molecular formula is C19H16FNO2. The van der Waals surface area contributed by atoms with E-state index in [0.29, 0.717) is 11.3 Å². The van der Waals surface area contributed by atoms with Crippen LogP contribution >= 0.6 is 0 Å². The zero-order valence-electron chi connectivity index (χ0n) is 12.9. The molecule has 4 heteroatoms. The largest absolute Gasteiger partial charge is 0.491 e. The molecule has 0 radical (unpaired) electrons. The van der Waals surface area contributed by atoms with Gasteiger partial charge in [0.2, 0.25) is 5.78 Å². The number of hydrogen-bond acceptors (Lipinski definition) is 3. The Morgan fingerprint density at radius 1 is 1.17 bits per heavy atom. The maximum absolute atomic E-state index is 13.7. The van der Waals surface area contributed by atoms with Gasteiger partial charge in [0, 0.05) is 0 Å². The fraction of sp³-hybridized carbons (Fsp3) is 0.158. The van der Waals surface area contributed by atoms with Crippen LogP contribution in [0.25, 0.3) is 6.08 Å². The predicted molar refractivity (Wildman–Crippen MR) is 86.5 cm³/mol. The molecule has 0 heterocycles. The maximum atomic E-state index is 13.7. The number of nitrogens with zero attached hydrogens (tertiary/aromatic N) is 1. The highest BCUT2D eigenvalue weighted by Crippen LogP contribution is 2.18. The fourth-order valence-corrected chi connectivity index (χ4v) is 2.02. The van der Waals surface area contributed by atoms with Crippen LogP contribution in [0.15, 0.2) is 54.1 Å². The van der Waals surface area contributed by atoms with Gasteiger partial charge in [0.15, 0.2) is 0 Å². The molecule has 3 nitrogen and oxygen atoms in total. The molecule has 0 unspecified atom stereocenters. The summed E-state index contributed by atoms with van der Waals surface area (Å²) in [5.41, 5.74) is 0.440. The fourth-order valence-electron chi connectivity index (χ4n) is 2.02. The number of ketones is 1. The van der Waals surface area contributed by atoms with E-state index in [2.05, 4.69) is 0 Å². The summed E-state index contributed by atoms with van der Waals surface area (Å²) in [6.07, 6.45) is 1.50. The summed E-state index contributed by atoms with van der Waals surface area (Å²) < 4.78 is 19.2. The minimum absolute atomic E-state index is 0.0636. The Morgan fingerprint density at radius 2 is 1.83 bits per heavy atom. The third-order valence-corrected chi connectivity index (χ3v) is 3.05. The van der Waals surface area contributed by atoms with Crippen LogP contribution in [0.4, 0.5) is 4.39 Å². The zero-order valence-corrected chi connectivity index (χ0v) is 12.9. The van der Waals surface area contributed by atoms with Gasteiger partial charge in [-0.3, -0.25) is 4.79 Å². The van der Waals surface area contributed by atoms with E-state index in [9.17, 15) is 14.4 Å². The van der Waals surface area contributed by atoms with E-state index in [1.54, 1.807) is 30.3 Å². The van der Waals surface area contributed by atoms with Crippen molar-refractivity contribution in [3.63, 3.8) is 0 Å². The number of carbonyl (C=O) groups is 1. The number of benzene rings is 2. The van der Waals surface area contributed by atoms with Crippen molar-refractivity contribution in [3.8, 4) is 11.8 Å². The number of Topliss-reactive ketones (excluding diaryl/α,β-unsaturated/α-hetero) is 1. The lowest BCUT2D eigenvalue weighted by Gasteiger charge is -2.09. The first kappa shape index (κ1) is 16.4. The van der Waals surface area contributed by atoms with Gasteiger partial charge in [-0.2, -0.15) is 5.26 Å². The molecule has 0 aliphatic heterocycles. The number of allylic oxidation sites excluding steroid dienone is 1. The second kappa shape index (κ2) is 7.37. The number of nitriles is 1. The van der Waals surface area contributed by atoms with Crippen LogP contribution in [0.5, 0.6) is 5.75 Å². The summed E-state index contributed by atoms with van der Waals surface area (Å²) in [6.45, 7) is 3.85. The number of hydrogen-bond donors (Lipinski definition) is 0. The van der Waals surface area contributed by atoms with Gasteiger partial charge in [-0.1, -0.05) is 24.3 Å². The van der Waals surface area contributed by atoms with Crippen molar-refractivity contribution in [2.75, 3.05) is 0 Å². The Bertz CT molecular complexity index is 771. The Hall–Kier alpha value is -2.93. The Labute approximate surface area is 134 Å². The van der Waals surface area contributed by atoms with Crippen LogP contribution in [0.3, 0.4) is 0 Å². The molecule has 0 fully saturated rings. The molecule has 0 aromatic heterocycles. The molecular weight excluding hydrogens is 293 g/mol. The van der Waals surface area contributed by atoms with Crippen LogP contribution in [0.1, 0.15) is 29.8 Å². The number of halogens is 1. The maximum Gasteiger partial charge on any atom is 0.206 e. The number of carbonyl (C=O) groups excluding carboxylic acids is 1. The summed E-state index contributed by atoms with van der Waals surface area (Å²) in [5.74, 6) is -0.566. The smallest absolute Gasteiger partial charge is 0.206 e. The lowest BCUT2D eigenvalue weighted by molar-refractivity contribution is 0.103. The van der Waals surface area contributed by atoms with Gasteiger partial charge in [-0.25, -0.2) is 4.39 Å². The van der Waals surface area contributed by atoms with Crippen molar-refractivity contribution >= 4 is 11.9 Å². The molecule has 2 rings (SSSR count). The third-order valence-electron chi connectivity index (χ3n) is 3.05. The van der Waals surface area contributed by atoms with Gasteiger partial charge < -0.3 is 4.74 Å². The zero-order chi connectivity index (χ0) is 16.8. The molecule has 0 aliphatic rings. The summed E-state index contributed by atoms with van der Waals surface area (Å²) in [7, 11) is 0. The Balaban J connectivity index is 2.27. The summed E-state index contributed by atoms with van der Waals surface area (Å²) >= 11 is 0. The van der Waals surface area contributed by atoms with Crippen LogP contribution in [-0.4, -0.2) is 11.9 Å². The Morgan fingerprint density at radius 3 is 2.39 bits per heavy atom. The van der Waals surface area contributed by atoms with Gasteiger partial charge in [0.05, 0.1) is 11.7 Å². The second-order valence-electron chi connectivity index (χ2n) is 5.21. The van der Waals surface area contributed by atoms with E-state index in [-0.39, 0.29) is 17.2 Å². The average Bonchev–Trinajstić information content (AvgIpc) is 2.53. The van der Waals surface area contributed by atoms with Gasteiger partial charge in [0.25, 0.3) is 0 Å². The van der Waals surface area contributed by atoms with E-state index in [1.807, 2.05) is 19.9 Å². The minimum atomic E-state index is -0.640. The van der Waals surface area contributed by atoms with Crippen molar-refractivity contribution in [2.24, 2.45) is 0 Å². The second-order valence-corrected chi connectivity index (χ2v) is 5.21. The molecule has 116 valence electrons. The summed E-state index contributed by atoms with van der Waals surface area (Å²) in [5, 5.41) is 9.20. The number of rotatable bonds is 5. The summed E-state index contributed by atoms with van der Waals surface area (Å²) in [6, 6.07) is 14.4. The van der Waals surface area contributed by atoms with Gasteiger partial charge >= 0.3 is 0 Å². The Kier molecular flexibility index (Phi) is 5.27. The minimum Gasteiger partial charge on any atom is -0.491 e. The lowest BCUT2D eigenvalue weighted by atomic mass is 10.0. The third kappa shape index (κ3) is 4.27. The van der Waals surface area contributed by atoms with Crippen molar-refractivity contribution in [3.05, 3.63) is 71.0 Å². The first-order chi connectivity index (χ1) is 11.0. The molecule has 0 saturated carbocycles. The topological polar surface area (TPSA) is 50.1 Å². The quantitative estimate of drug-likeness (QED) is 0.467. The molecule has 2 aromatic rings. The highest BCUT2D eigenvalue weighted by Gasteiger charge is 2.15. The first-order valence-electron chi connectivity index (χ1n) is 7.19. The molecule has 0 N–H and O–H groups in total. The SMILES string of the molecule is CC(C)Oc1ccc(/C=C(\C#N)C(=O)c2ccccc2F)cc1. The van der Waals surface area contributed by atoms with Crippen molar-refractivity contribution in [2.45, 2.75) is 20.0 Å². The molecule has 0 saturated heterocycles. The van der Waals surface area contributed by atoms with E-state index in [0.717, 1.165) is 0 Å². The van der Waals surface area contributed by atoms with Crippen LogP contribution in [0.2, 0.25) is 0 Å². The molecule has 23 heavy (non-hydrogen) atoms. The highest BCUT2D eigenvalue weighted by molar-refractivity contribution is 6.14. The van der Waals surface area contributed by atoms with E-state index < -0.39 is 11.6 Å². The highest BCUT2D eigenvalue weighted by atomic mass is 19.1. The predicted octanol–water partition coefficient (Wildman–Crippen LogP) is 4.40. The molecule has 2 aromatic carbocycles. The molecule has 0 atom stereocenters. The number of ether oxygens (including phenoxy) is 1. The van der Waals surface area contributed by atoms with Gasteiger partial charge in [-0.05, 0) is 49.8 Å². The molecule has 0 bridgehead atoms. The first-order valence-corrected chi connectivity index (χ1v) is 7.19. The van der Waals surface area contributed by atoms with Gasteiger partial charge in [0.1, 0.15) is 23.2 Å². The average molecular weight is 309 g/mol.